The van der Waals surface area contributed by atoms with E-state index in [1.54, 1.807) is 0 Å². The van der Waals surface area contributed by atoms with Gasteiger partial charge in [0.15, 0.2) is 0 Å². The second kappa shape index (κ2) is 4.72. The topological polar surface area (TPSA) is 26.0 Å². The van der Waals surface area contributed by atoms with E-state index >= 15 is 0 Å². The van der Waals surface area contributed by atoms with Crippen LogP contribution in [0.3, 0.4) is 0 Å². The number of thiophene rings is 1. The molecule has 0 spiro atoms. The van der Waals surface area contributed by atoms with Crippen LogP contribution >= 0.6 is 11.3 Å². The molecule has 1 aliphatic carbocycles. The van der Waals surface area contributed by atoms with Gasteiger partial charge in [-0.3, -0.25) is 0 Å². The first-order valence-electron chi connectivity index (χ1n) is 7.19. The molecule has 1 unspecified atom stereocenters. The van der Waals surface area contributed by atoms with Crippen LogP contribution in [0.2, 0.25) is 0 Å². The van der Waals surface area contributed by atoms with Crippen molar-refractivity contribution < 1.29 is 0 Å². The smallest absolute Gasteiger partial charge is 0.0393 e. The Balaban J connectivity index is 1.91. The fraction of sp³-hybridized carbons (Fsp3) is 0.222. The van der Waals surface area contributed by atoms with Crippen molar-refractivity contribution in [3.05, 3.63) is 59.0 Å². The number of hydrogen-bond acceptors (Lipinski definition) is 2. The van der Waals surface area contributed by atoms with E-state index < -0.39 is 0 Å². The van der Waals surface area contributed by atoms with Crippen molar-refractivity contribution in [3.8, 4) is 11.1 Å². The summed E-state index contributed by atoms with van der Waals surface area (Å²) in [4.78, 5) is 1.41. The molecule has 100 valence electrons. The highest BCUT2D eigenvalue weighted by molar-refractivity contribution is 7.19. The molecule has 2 N–H and O–H groups in total. The fourth-order valence-electron chi connectivity index (χ4n) is 3.16. The minimum absolute atomic E-state index is 0.247. The first-order valence-corrected chi connectivity index (χ1v) is 8.01. The summed E-state index contributed by atoms with van der Waals surface area (Å²) in [6.45, 7) is 0. The standard InChI is InChI=1S/C18H17NS/c19-16-8-4-7-14-15-11-13(12-5-2-1-3-6-12)9-10-17(15)20-18(14)16/h1-3,5-6,9-11,16H,4,7-8,19H2. The number of hydrogen-bond donors (Lipinski definition) is 1. The molecule has 0 amide bonds. The van der Waals surface area contributed by atoms with Gasteiger partial charge < -0.3 is 5.73 Å². The first-order chi connectivity index (χ1) is 9.83. The van der Waals surface area contributed by atoms with E-state index in [1.807, 2.05) is 11.3 Å². The number of nitrogens with two attached hydrogens (primary N) is 1. The second-order valence-electron chi connectivity index (χ2n) is 5.52. The lowest BCUT2D eigenvalue weighted by Gasteiger charge is -2.18. The van der Waals surface area contributed by atoms with Crippen molar-refractivity contribution in [1.82, 2.24) is 0 Å². The van der Waals surface area contributed by atoms with Crippen molar-refractivity contribution in [2.45, 2.75) is 25.3 Å². The maximum Gasteiger partial charge on any atom is 0.0393 e. The summed E-state index contributed by atoms with van der Waals surface area (Å²) in [6.07, 6.45) is 3.53. The van der Waals surface area contributed by atoms with Crippen molar-refractivity contribution in [2.75, 3.05) is 0 Å². The zero-order valence-electron chi connectivity index (χ0n) is 11.3. The van der Waals surface area contributed by atoms with Crippen molar-refractivity contribution in [2.24, 2.45) is 5.73 Å². The van der Waals surface area contributed by atoms with Gasteiger partial charge in [-0.2, -0.15) is 0 Å². The van der Waals surface area contributed by atoms with Gasteiger partial charge in [-0.15, -0.1) is 11.3 Å². The van der Waals surface area contributed by atoms with Crippen LogP contribution in [0, 0.1) is 0 Å². The van der Waals surface area contributed by atoms with E-state index in [4.69, 9.17) is 5.73 Å². The highest BCUT2D eigenvalue weighted by Gasteiger charge is 2.21. The van der Waals surface area contributed by atoms with Crippen LogP contribution in [0.25, 0.3) is 21.2 Å². The maximum atomic E-state index is 6.27. The van der Waals surface area contributed by atoms with Crippen molar-refractivity contribution in [3.63, 3.8) is 0 Å². The number of aryl methyl sites for hydroxylation is 1. The highest BCUT2D eigenvalue weighted by atomic mass is 32.1. The van der Waals surface area contributed by atoms with Crippen molar-refractivity contribution in [1.29, 1.82) is 0 Å². The predicted octanol–water partition coefficient (Wildman–Crippen LogP) is 4.90. The van der Waals surface area contributed by atoms with E-state index in [9.17, 15) is 0 Å². The van der Waals surface area contributed by atoms with Crippen LogP contribution in [-0.4, -0.2) is 0 Å². The normalized spacial score (nSPS) is 18.1. The van der Waals surface area contributed by atoms with Gasteiger partial charge >= 0.3 is 0 Å². The Hall–Kier alpha value is -1.64. The third-order valence-electron chi connectivity index (χ3n) is 4.21. The van der Waals surface area contributed by atoms with Gasteiger partial charge in [0, 0.05) is 15.6 Å². The quantitative estimate of drug-likeness (QED) is 0.673. The van der Waals surface area contributed by atoms with Gasteiger partial charge in [-0.1, -0.05) is 36.4 Å². The first kappa shape index (κ1) is 12.1. The Morgan fingerprint density at radius 3 is 2.70 bits per heavy atom. The van der Waals surface area contributed by atoms with Gasteiger partial charge in [0.25, 0.3) is 0 Å². The third kappa shape index (κ3) is 1.88. The second-order valence-corrected chi connectivity index (χ2v) is 6.60. The summed E-state index contributed by atoms with van der Waals surface area (Å²) in [5.41, 5.74) is 10.4. The molecule has 0 saturated heterocycles. The van der Waals surface area contributed by atoms with E-state index in [0.717, 1.165) is 6.42 Å². The zero-order valence-corrected chi connectivity index (χ0v) is 12.1. The largest absolute Gasteiger partial charge is 0.323 e. The van der Waals surface area contributed by atoms with Gasteiger partial charge in [-0.25, -0.2) is 0 Å². The molecule has 0 fully saturated rings. The fourth-order valence-corrected chi connectivity index (χ4v) is 4.43. The monoisotopic (exact) mass is 279 g/mol. The third-order valence-corrected chi connectivity index (χ3v) is 5.55. The summed E-state index contributed by atoms with van der Waals surface area (Å²) in [7, 11) is 0. The van der Waals surface area contributed by atoms with E-state index in [0.29, 0.717) is 0 Å². The summed E-state index contributed by atoms with van der Waals surface area (Å²) in [5.74, 6) is 0. The van der Waals surface area contributed by atoms with Crippen LogP contribution < -0.4 is 5.73 Å². The minimum atomic E-state index is 0.247. The predicted molar refractivity (Wildman–Crippen MR) is 87.1 cm³/mol. The molecule has 0 radical (unpaired) electrons. The molecule has 0 saturated carbocycles. The average Bonchev–Trinajstić information content (AvgIpc) is 2.88. The Labute approximate surface area is 123 Å². The summed E-state index contributed by atoms with van der Waals surface area (Å²) < 4.78 is 1.38. The molecular formula is C18H17NS. The lowest BCUT2D eigenvalue weighted by molar-refractivity contribution is 0.584. The number of fused-ring (bicyclic) bond motifs is 3. The Kier molecular flexibility index (Phi) is 2.86. The molecule has 0 aliphatic heterocycles. The molecule has 2 aromatic carbocycles. The molecular weight excluding hydrogens is 262 g/mol. The van der Waals surface area contributed by atoms with E-state index in [1.165, 1.54) is 44.5 Å². The molecule has 1 atom stereocenters. The summed E-state index contributed by atoms with van der Waals surface area (Å²) in [6, 6.07) is 17.7. The Morgan fingerprint density at radius 1 is 1.00 bits per heavy atom. The summed E-state index contributed by atoms with van der Waals surface area (Å²) >= 11 is 1.89. The van der Waals surface area contributed by atoms with Gasteiger partial charge in [0.2, 0.25) is 0 Å². The number of benzene rings is 2. The maximum absolute atomic E-state index is 6.27. The van der Waals surface area contributed by atoms with Crippen LogP contribution in [-0.2, 0) is 6.42 Å². The lowest BCUT2D eigenvalue weighted by atomic mass is 9.92. The van der Waals surface area contributed by atoms with Crippen molar-refractivity contribution >= 4 is 21.4 Å². The molecule has 0 bridgehead atoms. The number of rotatable bonds is 1. The van der Waals surface area contributed by atoms with E-state index in [2.05, 4.69) is 48.5 Å². The van der Waals surface area contributed by atoms with Gasteiger partial charge in [-0.05, 0) is 53.5 Å². The summed E-state index contributed by atoms with van der Waals surface area (Å²) in [5, 5.41) is 1.42. The highest BCUT2D eigenvalue weighted by Crippen LogP contribution is 2.41. The van der Waals surface area contributed by atoms with Crippen LogP contribution in [0.5, 0.6) is 0 Å². The average molecular weight is 279 g/mol. The van der Waals surface area contributed by atoms with E-state index in [-0.39, 0.29) is 6.04 Å². The van der Waals surface area contributed by atoms with Gasteiger partial charge in [0.1, 0.15) is 0 Å². The van der Waals surface area contributed by atoms with Crippen LogP contribution in [0.15, 0.2) is 48.5 Å². The molecule has 1 aliphatic rings. The Morgan fingerprint density at radius 2 is 1.85 bits per heavy atom. The molecule has 4 rings (SSSR count). The molecule has 1 heterocycles. The zero-order chi connectivity index (χ0) is 13.5. The minimum Gasteiger partial charge on any atom is -0.323 e. The van der Waals surface area contributed by atoms with Crippen LogP contribution in [0.4, 0.5) is 0 Å². The molecule has 1 nitrogen and oxygen atoms in total. The Bertz CT molecular complexity index is 758. The molecule has 2 heteroatoms. The van der Waals surface area contributed by atoms with Gasteiger partial charge in [0.05, 0.1) is 0 Å². The lowest BCUT2D eigenvalue weighted by Crippen LogP contribution is -2.14. The van der Waals surface area contributed by atoms with Crippen LogP contribution in [0.1, 0.15) is 29.3 Å². The molecule has 20 heavy (non-hydrogen) atoms. The molecule has 3 aromatic rings. The molecule has 1 aromatic heterocycles. The SMILES string of the molecule is NC1CCCc2c1sc1ccc(-c3ccccc3)cc21.